The molecule has 8 aromatic rings. The second-order valence-electron chi connectivity index (χ2n) is 11.8. The SMILES string of the molecule is CC1(C)c2ccccc2-c2ccc3c4c5cncnc5ccc4n(-c4nc(-c5ccccc5)nc(-c5ccccc5)n4)c3c21. The predicted octanol–water partition coefficient (Wildman–Crippen LogP) is 8.55. The van der Waals surface area contributed by atoms with Crippen LogP contribution in [0.15, 0.2) is 122 Å². The number of rotatable bonds is 3. The normalized spacial score (nSPS) is 13.4. The van der Waals surface area contributed by atoms with Crippen LogP contribution in [0.25, 0.3) is 72.6 Å². The highest BCUT2D eigenvalue weighted by molar-refractivity contribution is 6.22. The van der Waals surface area contributed by atoms with E-state index in [1.165, 1.54) is 22.3 Å². The van der Waals surface area contributed by atoms with Crippen molar-refractivity contribution in [2.24, 2.45) is 0 Å². The van der Waals surface area contributed by atoms with Crippen molar-refractivity contribution in [1.82, 2.24) is 29.5 Å². The van der Waals surface area contributed by atoms with E-state index in [-0.39, 0.29) is 5.41 Å². The maximum atomic E-state index is 5.18. The first kappa shape index (κ1) is 24.8. The average molecular weight is 567 g/mol. The Morgan fingerprint density at radius 1 is 0.614 bits per heavy atom. The van der Waals surface area contributed by atoms with E-state index < -0.39 is 0 Å². The topological polar surface area (TPSA) is 69.4 Å². The van der Waals surface area contributed by atoms with Crippen LogP contribution < -0.4 is 0 Å². The van der Waals surface area contributed by atoms with E-state index in [2.05, 4.69) is 76.9 Å². The van der Waals surface area contributed by atoms with Gasteiger partial charge in [-0.2, -0.15) is 9.97 Å². The van der Waals surface area contributed by atoms with Gasteiger partial charge in [0.05, 0.1) is 16.6 Å². The van der Waals surface area contributed by atoms with Crippen LogP contribution in [0.5, 0.6) is 0 Å². The molecule has 0 atom stereocenters. The summed E-state index contributed by atoms with van der Waals surface area (Å²) >= 11 is 0. The highest BCUT2D eigenvalue weighted by Crippen LogP contribution is 2.53. The highest BCUT2D eigenvalue weighted by Gasteiger charge is 2.38. The van der Waals surface area contributed by atoms with Gasteiger partial charge in [-0.25, -0.2) is 15.0 Å². The molecule has 6 heteroatoms. The fourth-order valence-corrected chi connectivity index (χ4v) is 7.02. The molecule has 208 valence electrons. The molecular formula is C38H26N6. The van der Waals surface area contributed by atoms with Crippen molar-refractivity contribution in [2.75, 3.05) is 0 Å². The maximum Gasteiger partial charge on any atom is 0.238 e. The van der Waals surface area contributed by atoms with Crippen molar-refractivity contribution in [3.05, 3.63) is 133 Å². The first-order chi connectivity index (χ1) is 21.6. The summed E-state index contributed by atoms with van der Waals surface area (Å²) in [4.78, 5) is 24.4. The number of hydrogen-bond donors (Lipinski definition) is 0. The van der Waals surface area contributed by atoms with Crippen LogP contribution in [-0.2, 0) is 5.41 Å². The zero-order chi connectivity index (χ0) is 29.4. The largest absolute Gasteiger partial charge is 0.277 e. The second kappa shape index (κ2) is 9.12. The minimum Gasteiger partial charge on any atom is -0.277 e. The van der Waals surface area contributed by atoms with Gasteiger partial charge in [0.15, 0.2) is 11.6 Å². The minimum absolute atomic E-state index is 0.249. The molecule has 6 nitrogen and oxygen atoms in total. The molecular weight excluding hydrogens is 540 g/mol. The lowest BCUT2D eigenvalue weighted by molar-refractivity contribution is 0.663. The van der Waals surface area contributed by atoms with Crippen molar-refractivity contribution in [3.63, 3.8) is 0 Å². The summed E-state index contributed by atoms with van der Waals surface area (Å²) in [6.45, 7) is 4.64. The van der Waals surface area contributed by atoms with Crippen LogP contribution in [0.1, 0.15) is 25.0 Å². The van der Waals surface area contributed by atoms with Gasteiger partial charge in [-0.05, 0) is 34.4 Å². The molecule has 44 heavy (non-hydrogen) atoms. The number of aromatic nitrogens is 6. The summed E-state index contributed by atoms with van der Waals surface area (Å²) < 4.78 is 2.24. The lowest BCUT2D eigenvalue weighted by Crippen LogP contribution is -2.17. The van der Waals surface area contributed by atoms with Crippen LogP contribution in [-0.4, -0.2) is 29.5 Å². The Labute approximate surface area is 253 Å². The van der Waals surface area contributed by atoms with Crippen LogP contribution >= 0.6 is 0 Å². The van der Waals surface area contributed by atoms with Crippen molar-refractivity contribution >= 4 is 32.7 Å². The van der Waals surface area contributed by atoms with Gasteiger partial charge in [0.25, 0.3) is 0 Å². The lowest BCUT2D eigenvalue weighted by Gasteiger charge is -2.23. The van der Waals surface area contributed by atoms with E-state index in [0.29, 0.717) is 17.6 Å². The summed E-state index contributed by atoms with van der Waals surface area (Å²) in [5.41, 5.74) is 9.72. The van der Waals surface area contributed by atoms with Gasteiger partial charge < -0.3 is 0 Å². The van der Waals surface area contributed by atoms with E-state index in [0.717, 1.165) is 43.8 Å². The molecule has 3 aromatic heterocycles. The van der Waals surface area contributed by atoms with Gasteiger partial charge in [-0.3, -0.25) is 4.57 Å². The summed E-state index contributed by atoms with van der Waals surface area (Å²) in [6, 6.07) is 37.7. The molecule has 0 saturated heterocycles. The molecule has 1 aliphatic carbocycles. The number of fused-ring (bicyclic) bond motifs is 9. The van der Waals surface area contributed by atoms with Gasteiger partial charge in [0, 0.05) is 38.9 Å². The highest BCUT2D eigenvalue weighted by atomic mass is 15.2. The molecule has 0 bridgehead atoms. The first-order valence-corrected chi connectivity index (χ1v) is 14.8. The molecule has 0 spiro atoms. The third-order valence-electron chi connectivity index (χ3n) is 8.98. The Hall–Kier alpha value is -5.75. The fourth-order valence-electron chi connectivity index (χ4n) is 7.02. The van der Waals surface area contributed by atoms with Crippen molar-refractivity contribution in [2.45, 2.75) is 19.3 Å². The summed E-state index contributed by atoms with van der Waals surface area (Å²) in [7, 11) is 0. The molecule has 0 amide bonds. The van der Waals surface area contributed by atoms with E-state index in [1.807, 2.05) is 66.9 Å². The van der Waals surface area contributed by atoms with Gasteiger partial charge >= 0.3 is 0 Å². The Balaban J connectivity index is 1.47. The summed E-state index contributed by atoms with van der Waals surface area (Å²) in [6.07, 6.45) is 3.52. The standard InChI is InChI=1S/C38H26N6/c1-38(2)29-16-10-9-15-25(29)26-17-18-27-32-28-21-39-22-40-30(28)19-20-31(32)44(34(27)33(26)38)37-42-35(23-11-5-3-6-12-23)41-36(43-37)24-13-7-4-8-14-24/h3-22H,1-2H3. The Morgan fingerprint density at radius 3 is 2.02 bits per heavy atom. The third-order valence-corrected chi connectivity index (χ3v) is 8.98. The molecule has 0 N–H and O–H groups in total. The molecule has 1 aliphatic rings. The van der Waals surface area contributed by atoms with Gasteiger partial charge in [0.2, 0.25) is 5.95 Å². The zero-order valence-corrected chi connectivity index (χ0v) is 24.2. The van der Waals surface area contributed by atoms with Gasteiger partial charge in [-0.1, -0.05) is 111 Å². The molecule has 0 aliphatic heterocycles. The lowest BCUT2D eigenvalue weighted by atomic mass is 9.81. The van der Waals surface area contributed by atoms with Crippen LogP contribution in [0, 0.1) is 0 Å². The second-order valence-corrected chi connectivity index (χ2v) is 11.8. The molecule has 0 radical (unpaired) electrons. The summed E-state index contributed by atoms with van der Waals surface area (Å²) in [5, 5.41) is 3.22. The van der Waals surface area contributed by atoms with E-state index in [1.54, 1.807) is 6.33 Å². The van der Waals surface area contributed by atoms with Crippen LogP contribution in [0.4, 0.5) is 0 Å². The maximum absolute atomic E-state index is 5.18. The van der Waals surface area contributed by atoms with Crippen LogP contribution in [0.2, 0.25) is 0 Å². The van der Waals surface area contributed by atoms with E-state index in [4.69, 9.17) is 15.0 Å². The van der Waals surface area contributed by atoms with Crippen molar-refractivity contribution < 1.29 is 0 Å². The monoisotopic (exact) mass is 566 g/mol. The van der Waals surface area contributed by atoms with Crippen LogP contribution in [0.3, 0.4) is 0 Å². The van der Waals surface area contributed by atoms with Crippen molar-refractivity contribution in [1.29, 1.82) is 0 Å². The minimum atomic E-state index is -0.249. The molecule has 0 unspecified atom stereocenters. The van der Waals surface area contributed by atoms with Crippen molar-refractivity contribution in [3.8, 4) is 39.9 Å². The van der Waals surface area contributed by atoms with E-state index in [9.17, 15) is 0 Å². The number of benzene rings is 5. The molecule has 9 rings (SSSR count). The Kier molecular flexibility index (Phi) is 5.14. The Morgan fingerprint density at radius 2 is 1.30 bits per heavy atom. The van der Waals surface area contributed by atoms with Gasteiger partial charge in [0.1, 0.15) is 6.33 Å². The molecule has 0 saturated carbocycles. The molecule has 0 fully saturated rings. The third kappa shape index (κ3) is 3.45. The first-order valence-electron chi connectivity index (χ1n) is 14.8. The van der Waals surface area contributed by atoms with E-state index >= 15 is 0 Å². The fraction of sp³-hybridized carbons (Fsp3) is 0.0789. The number of hydrogen-bond acceptors (Lipinski definition) is 5. The molecule has 5 aromatic carbocycles. The van der Waals surface area contributed by atoms with Gasteiger partial charge in [-0.15, -0.1) is 0 Å². The summed E-state index contributed by atoms with van der Waals surface area (Å²) in [5.74, 6) is 1.83. The smallest absolute Gasteiger partial charge is 0.238 e. The average Bonchev–Trinajstić information content (AvgIpc) is 3.54. The zero-order valence-electron chi connectivity index (χ0n) is 24.2. The predicted molar refractivity (Wildman–Crippen MR) is 176 cm³/mol. The Bertz CT molecular complexity index is 2350. The number of nitrogens with zero attached hydrogens (tertiary/aromatic N) is 6. The quantitative estimate of drug-likeness (QED) is 0.214. The molecule has 3 heterocycles.